The average molecular weight is 171 g/mol. The summed E-state index contributed by atoms with van der Waals surface area (Å²) >= 11 is 5.58. The minimum absolute atomic E-state index is 0.0561. The summed E-state index contributed by atoms with van der Waals surface area (Å²) in [5.41, 5.74) is 1.23. The molecule has 0 saturated heterocycles. The molecular formula is C8H7ClO2. The quantitative estimate of drug-likeness (QED) is 0.656. The average Bonchev–Trinajstić information content (AvgIpc) is 1.97. The number of halogens is 1. The first kappa shape index (κ1) is 8.08. The Labute approximate surface area is 69.4 Å². The van der Waals surface area contributed by atoms with Crippen LogP contribution >= 0.6 is 11.6 Å². The molecule has 0 amide bonds. The van der Waals surface area contributed by atoms with Crippen LogP contribution < -0.4 is 0 Å². The lowest BCUT2D eigenvalue weighted by Gasteiger charge is -2.00. The molecule has 0 unspecified atom stereocenters. The highest BCUT2D eigenvalue weighted by molar-refractivity contribution is 6.32. The minimum atomic E-state index is -0.0561. The number of rotatable bonds is 1. The van der Waals surface area contributed by atoms with Gasteiger partial charge in [0.15, 0.2) is 0 Å². The molecule has 1 aromatic carbocycles. The maximum absolute atomic E-state index is 10.3. The molecule has 0 radical (unpaired) electrons. The minimum Gasteiger partial charge on any atom is -0.506 e. The molecule has 0 aliphatic rings. The van der Waals surface area contributed by atoms with E-state index < -0.39 is 0 Å². The van der Waals surface area contributed by atoms with Crippen molar-refractivity contribution in [2.24, 2.45) is 0 Å². The van der Waals surface area contributed by atoms with Gasteiger partial charge in [-0.3, -0.25) is 4.79 Å². The maximum Gasteiger partial charge on any atom is 0.150 e. The summed E-state index contributed by atoms with van der Waals surface area (Å²) < 4.78 is 0. The van der Waals surface area contributed by atoms with Crippen LogP contribution in [0.15, 0.2) is 12.1 Å². The zero-order valence-electron chi connectivity index (χ0n) is 5.97. The molecule has 1 N–H and O–H groups in total. The molecule has 1 aromatic rings. The second kappa shape index (κ2) is 2.93. The van der Waals surface area contributed by atoms with Gasteiger partial charge in [-0.1, -0.05) is 11.6 Å². The van der Waals surface area contributed by atoms with E-state index in [1.807, 2.05) is 0 Å². The Hall–Kier alpha value is -1.02. The van der Waals surface area contributed by atoms with Crippen molar-refractivity contribution >= 4 is 17.9 Å². The molecule has 58 valence electrons. The number of aryl methyl sites for hydroxylation is 1. The molecule has 11 heavy (non-hydrogen) atoms. The van der Waals surface area contributed by atoms with Crippen LogP contribution in [0.3, 0.4) is 0 Å². The highest BCUT2D eigenvalue weighted by Gasteiger charge is 2.02. The number of hydrogen-bond donors (Lipinski definition) is 1. The molecule has 0 fully saturated rings. The van der Waals surface area contributed by atoms with Crippen molar-refractivity contribution < 1.29 is 9.90 Å². The van der Waals surface area contributed by atoms with Crippen LogP contribution in [0.5, 0.6) is 5.75 Å². The van der Waals surface area contributed by atoms with E-state index in [0.717, 1.165) is 5.56 Å². The third-order valence-corrected chi connectivity index (χ3v) is 1.77. The van der Waals surface area contributed by atoms with E-state index in [0.29, 0.717) is 11.8 Å². The van der Waals surface area contributed by atoms with Gasteiger partial charge in [0, 0.05) is 5.56 Å². The third kappa shape index (κ3) is 1.52. The Morgan fingerprint density at radius 1 is 1.55 bits per heavy atom. The summed E-state index contributed by atoms with van der Waals surface area (Å²) in [5, 5.41) is 9.34. The van der Waals surface area contributed by atoms with Crippen LogP contribution in [-0.4, -0.2) is 11.4 Å². The number of carbonyl (C=O) groups is 1. The maximum atomic E-state index is 10.3. The number of phenols is 1. The molecule has 0 bridgehead atoms. The fraction of sp³-hybridized carbons (Fsp3) is 0.125. The molecule has 2 nitrogen and oxygen atoms in total. The Morgan fingerprint density at radius 2 is 2.18 bits per heavy atom. The van der Waals surface area contributed by atoms with Gasteiger partial charge >= 0.3 is 0 Å². The van der Waals surface area contributed by atoms with E-state index >= 15 is 0 Å². The Kier molecular flexibility index (Phi) is 2.15. The Morgan fingerprint density at radius 3 is 2.73 bits per heavy atom. The van der Waals surface area contributed by atoms with Crippen molar-refractivity contribution in [2.45, 2.75) is 6.92 Å². The summed E-state index contributed by atoms with van der Waals surface area (Å²) in [4.78, 5) is 10.3. The van der Waals surface area contributed by atoms with E-state index in [1.54, 1.807) is 13.0 Å². The van der Waals surface area contributed by atoms with Gasteiger partial charge < -0.3 is 5.11 Å². The van der Waals surface area contributed by atoms with E-state index in [1.165, 1.54) is 6.07 Å². The van der Waals surface area contributed by atoms with Crippen LogP contribution in [0, 0.1) is 6.92 Å². The zero-order valence-corrected chi connectivity index (χ0v) is 6.72. The summed E-state index contributed by atoms with van der Waals surface area (Å²) in [5.74, 6) is -0.0561. The fourth-order valence-electron chi connectivity index (χ4n) is 0.804. The van der Waals surface area contributed by atoms with E-state index in [2.05, 4.69) is 0 Å². The zero-order chi connectivity index (χ0) is 8.43. The summed E-state index contributed by atoms with van der Waals surface area (Å²) in [7, 11) is 0. The lowest BCUT2D eigenvalue weighted by Crippen LogP contribution is -1.85. The first-order chi connectivity index (χ1) is 5.15. The second-order valence-corrected chi connectivity index (χ2v) is 2.69. The molecule has 0 aromatic heterocycles. The first-order valence-electron chi connectivity index (χ1n) is 3.09. The Balaban J connectivity index is 3.31. The molecule has 0 heterocycles. The van der Waals surface area contributed by atoms with Crippen LogP contribution in [0.4, 0.5) is 0 Å². The molecule has 0 aliphatic heterocycles. The normalized spacial score (nSPS) is 9.64. The van der Waals surface area contributed by atoms with Crippen LogP contribution in [0.2, 0.25) is 5.02 Å². The number of benzene rings is 1. The summed E-state index contributed by atoms with van der Waals surface area (Å²) in [6, 6.07) is 2.91. The molecule has 3 heteroatoms. The predicted octanol–water partition coefficient (Wildman–Crippen LogP) is 2.17. The highest BCUT2D eigenvalue weighted by atomic mass is 35.5. The number of aromatic hydroxyl groups is 1. The standard InChI is InChI=1S/C8H7ClO2/c1-5-2-7(9)8(11)3-6(5)4-10/h2-4,11H,1H3. The van der Waals surface area contributed by atoms with E-state index in [9.17, 15) is 4.79 Å². The van der Waals surface area contributed by atoms with Gasteiger partial charge in [-0.15, -0.1) is 0 Å². The number of carbonyl (C=O) groups excluding carboxylic acids is 1. The van der Waals surface area contributed by atoms with Gasteiger partial charge in [0.25, 0.3) is 0 Å². The van der Waals surface area contributed by atoms with Gasteiger partial charge in [-0.05, 0) is 24.6 Å². The van der Waals surface area contributed by atoms with Gasteiger partial charge in [-0.25, -0.2) is 0 Å². The molecule has 0 aliphatic carbocycles. The van der Waals surface area contributed by atoms with Crippen molar-refractivity contribution in [3.05, 3.63) is 28.3 Å². The molecule has 0 atom stereocenters. The van der Waals surface area contributed by atoms with Crippen LogP contribution in [-0.2, 0) is 0 Å². The highest BCUT2D eigenvalue weighted by Crippen LogP contribution is 2.25. The Bertz CT molecular complexity index is 294. The van der Waals surface area contributed by atoms with Crippen LogP contribution in [0.25, 0.3) is 0 Å². The molecule has 0 saturated carbocycles. The molecule has 1 rings (SSSR count). The SMILES string of the molecule is Cc1cc(Cl)c(O)cc1C=O. The number of aldehydes is 1. The van der Waals surface area contributed by atoms with Gasteiger partial charge in [0.1, 0.15) is 12.0 Å². The van der Waals surface area contributed by atoms with Crippen molar-refractivity contribution in [3.63, 3.8) is 0 Å². The van der Waals surface area contributed by atoms with Crippen molar-refractivity contribution in [1.82, 2.24) is 0 Å². The van der Waals surface area contributed by atoms with Crippen molar-refractivity contribution in [2.75, 3.05) is 0 Å². The largest absolute Gasteiger partial charge is 0.506 e. The van der Waals surface area contributed by atoms with E-state index in [4.69, 9.17) is 16.7 Å². The second-order valence-electron chi connectivity index (χ2n) is 2.28. The topological polar surface area (TPSA) is 37.3 Å². The lowest BCUT2D eigenvalue weighted by atomic mass is 10.1. The monoisotopic (exact) mass is 170 g/mol. The molecule has 0 spiro atoms. The van der Waals surface area contributed by atoms with Gasteiger partial charge in [-0.2, -0.15) is 0 Å². The smallest absolute Gasteiger partial charge is 0.150 e. The van der Waals surface area contributed by atoms with Gasteiger partial charge in [0.05, 0.1) is 5.02 Å². The third-order valence-electron chi connectivity index (χ3n) is 1.46. The van der Waals surface area contributed by atoms with Crippen LogP contribution in [0.1, 0.15) is 15.9 Å². The van der Waals surface area contributed by atoms with Gasteiger partial charge in [0.2, 0.25) is 0 Å². The van der Waals surface area contributed by atoms with Crippen molar-refractivity contribution in [1.29, 1.82) is 0 Å². The fourth-order valence-corrected chi connectivity index (χ4v) is 1.02. The van der Waals surface area contributed by atoms with Crippen molar-refractivity contribution in [3.8, 4) is 5.75 Å². The predicted molar refractivity (Wildman–Crippen MR) is 43.2 cm³/mol. The summed E-state index contributed by atoms with van der Waals surface area (Å²) in [6.45, 7) is 1.76. The summed E-state index contributed by atoms with van der Waals surface area (Å²) in [6.07, 6.45) is 0.686. The first-order valence-corrected chi connectivity index (χ1v) is 3.47. The number of hydrogen-bond acceptors (Lipinski definition) is 2. The van der Waals surface area contributed by atoms with E-state index in [-0.39, 0.29) is 10.8 Å². The lowest BCUT2D eigenvalue weighted by molar-refractivity contribution is 0.112. The number of phenolic OH excluding ortho intramolecular Hbond substituents is 1. The molecular weight excluding hydrogens is 164 g/mol.